The third kappa shape index (κ3) is 6.31. The third-order valence-electron chi connectivity index (χ3n) is 0.408. The second-order valence-electron chi connectivity index (χ2n) is 2.56. The minimum atomic E-state index is 0.263. The summed E-state index contributed by atoms with van der Waals surface area (Å²) in [6, 6.07) is 0. The van der Waals surface area contributed by atoms with Gasteiger partial charge in [0.05, 0.1) is 0 Å². The Morgan fingerprint density at radius 3 is 1.71 bits per heavy atom. The van der Waals surface area contributed by atoms with E-state index in [1.165, 1.54) is 0 Å². The molecule has 0 spiro atoms. The molecular formula is C5H13NS. The molecule has 0 bridgehead atoms. The smallest absolute Gasteiger partial charge is 0.0198 e. The quantitative estimate of drug-likeness (QED) is 0.527. The second kappa shape index (κ2) is 2.58. The van der Waals surface area contributed by atoms with Gasteiger partial charge in [0.2, 0.25) is 0 Å². The lowest BCUT2D eigenvalue weighted by molar-refractivity contribution is 0.536. The topological polar surface area (TPSA) is 12.0 Å². The van der Waals surface area contributed by atoms with Crippen molar-refractivity contribution in [1.29, 1.82) is 0 Å². The first-order chi connectivity index (χ1) is 3.06. The van der Waals surface area contributed by atoms with Crippen molar-refractivity contribution in [2.75, 3.05) is 6.26 Å². The zero-order valence-corrected chi connectivity index (χ0v) is 6.22. The van der Waals surface area contributed by atoms with Crippen molar-refractivity contribution < 1.29 is 0 Å². The van der Waals surface area contributed by atoms with Gasteiger partial charge >= 0.3 is 0 Å². The molecule has 0 heterocycles. The van der Waals surface area contributed by atoms with Gasteiger partial charge in [0.25, 0.3) is 0 Å². The molecule has 0 fully saturated rings. The van der Waals surface area contributed by atoms with Crippen molar-refractivity contribution in [2.45, 2.75) is 26.3 Å². The molecule has 0 aliphatic carbocycles. The van der Waals surface area contributed by atoms with Crippen molar-refractivity contribution in [3.63, 3.8) is 0 Å². The van der Waals surface area contributed by atoms with Crippen LogP contribution in [0.4, 0.5) is 0 Å². The first-order valence-corrected chi connectivity index (χ1v) is 3.59. The summed E-state index contributed by atoms with van der Waals surface area (Å²) in [4.78, 5) is 0. The highest BCUT2D eigenvalue weighted by Crippen LogP contribution is 2.02. The summed E-state index contributed by atoms with van der Waals surface area (Å²) in [6.07, 6.45) is 2.03. The van der Waals surface area contributed by atoms with Crippen molar-refractivity contribution in [2.24, 2.45) is 0 Å². The van der Waals surface area contributed by atoms with Gasteiger partial charge in [0, 0.05) is 5.54 Å². The van der Waals surface area contributed by atoms with E-state index in [1.54, 1.807) is 11.9 Å². The number of hydrogen-bond donors (Lipinski definition) is 1. The maximum Gasteiger partial charge on any atom is 0.0198 e. The molecule has 0 aliphatic rings. The van der Waals surface area contributed by atoms with Crippen LogP contribution in [0, 0.1) is 0 Å². The van der Waals surface area contributed by atoms with Gasteiger partial charge < -0.3 is 0 Å². The minimum absolute atomic E-state index is 0.263. The molecule has 0 aromatic rings. The van der Waals surface area contributed by atoms with Crippen LogP contribution in [0.2, 0.25) is 0 Å². The zero-order chi connectivity index (χ0) is 5.91. The Bertz CT molecular complexity index is 46.5. The van der Waals surface area contributed by atoms with Gasteiger partial charge in [-0.1, -0.05) is 11.9 Å². The summed E-state index contributed by atoms with van der Waals surface area (Å²) in [5.74, 6) is 0. The number of hydrogen-bond acceptors (Lipinski definition) is 2. The van der Waals surface area contributed by atoms with Gasteiger partial charge in [-0.15, -0.1) is 0 Å². The predicted molar refractivity (Wildman–Crippen MR) is 36.4 cm³/mol. The van der Waals surface area contributed by atoms with Crippen LogP contribution in [-0.4, -0.2) is 11.8 Å². The Morgan fingerprint density at radius 1 is 1.29 bits per heavy atom. The molecule has 0 amide bonds. The fraction of sp³-hybridized carbons (Fsp3) is 1.00. The van der Waals surface area contributed by atoms with Crippen LogP contribution < -0.4 is 4.72 Å². The summed E-state index contributed by atoms with van der Waals surface area (Å²) < 4.78 is 3.20. The first kappa shape index (κ1) is 7.31. The molecule has 7 heavy (non-hydrogen) atoms. The molecule has 0 saturated heterocycles. The van der Waals surface area contributed by atoms with Gasteiger partial charge in [-0.05, 0) is 27.0 Å². The van der Waals surface area contributed by atoms with Gasteiger partial charge in [0.15, 0.2) is 0 Å². The first-order valence-electron chi connectivity index (χ1n) is 2.36. The lowest BCUT2D eigenvalue weighted by Crippen LogP contribution is -2.29. The normalized spacial score (nSPS) is 12.0. The lowest BCUT2D eigenvalue weighted by atomic mass is 10.1. The van der Waals surface area contributed by atoms with Crippen LogP contribution in [0.5, 0.6) is 0 Å². The van der Waals surface area contributed by atoms with E-state index < -0.39 is 0 Å². The predicted octanol–water partition coefficient (Wildman–Crippen LogP) is 1.65. The van der Waals surface area contributed by atoms with Crippen molar-refractivity contribution in [1.82, 2.24) is 4.72 Å². The standard InChI is InChI=1S/C5H13NS/c1-5(2,3)6-7-4/h6H,1-4H3. The van der Waals surface area contributed by atoms with Gasteiger partial charge in [-0.2, -0.15) is 0 Å². The van der Waals surface area contributed by atoms with Gasteiger partial charge in [0.1, 0.15) is 0 Å². The number of nitrogens with one attached hydrogen (secondary N) is 1. The largest absolute Gasteiger partial charge is 0.259 e. The average molecular weight is 119 g/mol. The monoisotopic (exact) mass is 119 g/mol. The molecule has 0 atom stereocenters. The van der Waals surface area contributed by atoms with Crippen LogP contribution in [-0.2, 0) is 0 Å². The van der Waals surface area contributed by atoms with E-state index in [9.17, 15) is 0 Å². The maximum absolute atomic E-state index is 3.20. The summed E-state index contributed by atoms with van der Waals surface area (Å²) in [5, 5.41) is 0. The van der Waals surface area contributed by atoms with Gasteiger partial charge in [-0.25, -0.2) is 0 Å². The van der Waals surface area contributed by atoms with Crippen LogP contribution in [0.3, 0.4) is 0 Å². The summed E-state index contributed by atoms with van der Waals surface area (Å²) >= 11 is 1.66. The Kier molecular flexibility index (Phi) is 2.69. The second-order valence-corrected chi connectivity index (χ2v) is 3.17. The molecule has 1 nitrogen and oxygen atoms in total. The number of rotatable bonds is 1. The Balaban J connectivity index is 3.15. The van der Waals surface area contributed by atoms with Crippen molar-refractivity contribution in [3.8, 4) is 0 Å². The highest BCUT2D eigenvalue weighted by molar-refractivity contribution is 7.96. The molecule has 0 aliphatic heterocycles. The maximum atomic E-state index is 3.20. The Hall–Kier alpha value is 0.310. The van der Waals surface area contributed by atoms with Gasteiger partial charge in [-0.3, -0.25) is 4.72 Å². The SMILES string of the molecule is CSNC(C)(C)C. The van der Waals surface area contributed by atoms with Crippen LogP contribution >= 0.6 is 11.9 Å². The van der Waals surface area contributed by atoms with Crippen LogP contribution in [0.15, 0.2) is 0 Å². The summed E-state index contributed by atoms with van der Waals surface area (Å²) in [7, 11) is 0. The van der Waals surface area contributed by atoms with E-state index in [1.807, 2.05) is 6.26 Å². The van der Waals surface area contributed by atoms with E-state index in [4.69, 9.17) is 0 Å². The molecule has 0 rings (SSSR count). The molecule has 44 valence electrons. The van der Waals surface area contributed by atoms with E-state index in [0.717, 1.165) is 0 Å². The van der Waals surface area contributed by atoms with Crippen molar-refractivity contribution in [3.05, 3.63) is 0 Å². The fourth-order valence-corrected chi connectivity index (χ4v) is 0.919. The van der Waals surface area contributed by atoms with Crippen molar-refractivity contribution >= 4 is 11.9 Å². The molecule has 0 aromatic carbocycles. The average Bonchev–Trinajstić information content (AvgIpc) is 1.30. The molecule has 0 aromatic heterocycles. The Labute approximate surface area is 50.0 Å². The third-order valence-corrected chi connectivity index (χ3v) is 1.22. The lowest BCUT2D eigenvalue weighted by Gasteiger charge is -2.17. The van der Waals surface area contributed by atoms with E-state index in [2.05, 4.69) is 25.5 Å². The van der Waals surface area contributed by atoms with Crippen LogP contribution in [0.25, 0.3) is 0 Å². The molecule has 2 heteroatoms. The zero-order valence-electron chi connectivity index (χ0n) is 5.41. The minimum Gasteiger partial charge on any atom is -0.259 e. The van der Waals surface area contributed by atoms with E-state index >= 15 is 0 Å². The van der Waals surface area contributed by atoms with E-state index in [-0.39, 0.29) is 5.54 Å². The highest BCUT2D eigenvalue weighted by atomic mass is 32.2. The summed E-state index contributed by atoms with van der Waals surface area (Å²) in [5.41, 5.74) is 0.263. The highest BCUT2D eigenvalue weighted by Gasteiger charge is 2.05. The fourth-order valence-electron chi connectivity index (χ4n) is 0.306. The molecule has 0 radical (unpaired) electrons. The summed E-state index contributed by atoms with van der Waals surface area (Å²) in [6.45, 7) is 6.43. The molecule has 1 N–H and O–H groups in total. The molecule has 0 saturated carbocycles. The van der Waals surface area contributed by atoms with E-state index in [0.29, 0.717) is 0 Å². The molecule has 0 unspecified atom stereocenters. The Morgan fingerprint density at radius 2 is 1.71 bits per heavy atom. The molecular weight excluding hydrogens is 106 g/mol. The van der Waals surface area contributed by atoms with Crippen LogP contribution in [0.1, 0.15) is 20.8 Å².